The van der Waals surface area contributed by atoms with Gasteiger partial charge in [-0.25, -0.2) is 4.79 Å². The summed E-state index contributed by atoms with van der Waals surface area (Å²) in [6, 6.07) is 5.45. The average molecular weight is 352 g/mol. The van der Waals surface area contributed by atoms with Crippen molar-refractivity contribution in [2.45, 2.75) is 43.1 Å². The van der Waals surface area contributed by atoms with Gasteiger partial charge >= 0.3 is 12.3 Å². The van der Waals surface area contributed by atoms with Crippen LogP contribution in [0, 0.1) is 0 Å². The molecule has 0 spiro atoms. The molecular formula is C14H15F3O5S. The first-order chi connectivity index (χ1) is 10.6. The normalized spacial score (nSPS) is 23.7. The molecule has 0 aliphatic carbocycles. The summed E-state index contributed by atoms with van der Waals surface area (Å²) >= 11 is 1.16. The summed E-state index contributed by atoms with van der Waals surface area (Å²) < 4.78 is 51.3. The molecule has 1 aliphatic rings. The van der Waals surface area contributed by atoms with E-state index >= 15 is 0 Å². The Morgan fingerprint density at radius 3 is 2.70 bits per heavy atom. The molecule has 2 atom stereocenters. The highest BCUT2D eigenvalue weighted by Gasteiger charge is 2.45. The molecule has 128 valence electrons. The van der Waals surface area contributed by atoms with Crippen molar-refractivity contribution < 1.29 is 37.3 Å². The Balaban J connectivity index is 2.00. The minimum Gasteiger partial charge on any atom is -0.479 e. The van der Waals surface area contributed by atoms with Gasteiger partial charge in [0.15, 0.2) is 11.9 Å². The molecule has 0 aromatic heterocycles. The SMILES string of the molecule is CC1(C)O[C@H](CSc2cccc(OC(F)(F)F)c2)[C@H](C(=O)O)O1. The van der Waals surface area contributed by atoms with Crippen LogP contribution < -0.4 is 4.74 Å². The Hall–Kier alpha value is -1.45. The lowest BCUT2D eigenvalue weighted by atomic mass is 10.2. The van der Waals surface area contributed by atoms with E-state index in [1.807, 2.05) is 0 Å². The third-order valence-electron chi connectivity index (χ3n) is 2.88. The van der Waals surface area contributed by atoms with Crippen molar-refractivity contribution in [1.82, 2.24) is 0 Å². The Kier molecular flexibility index (Phi) is 5.12. The van der Waals surface area contributed by atoms with Crippen LogP contribution in [0.5, 0.6) is 5.75 Å². The quantitative estimate of drug-likeness (QED) is 0.821. The maximum absolute atomic E-state index is 12.2. The smallest absolute Gasteiger partial charge is 0.479 e. The second-order valence-corrected chi connectivity index (χ2v) is 6.36. The molecule has 1 N–H and O–H groups in total. The molecule has 0 unspecified atom stereocenters. The van der Waals surface area contributed by atoms with E-state index in [2.05, 4.69) is 4.74 Å². The number of halogens is 3. The zero-order valence-corrected chi connectivity index (χ0v) is 13.1. The zero-order valence-electron chi connectivity index (χ0n) is 12.3. The molecule has 1 aliphatic heterocycles. The van der Waals surface area contributed by atoms with Crippen molar-refractivity contribution in [3.63, 3.8) is 0 Å². The number of benzene rings is 1. The molecule has 1 aromatic rings. The van der Waals surface area contributed by atoms with Crippen LogP contribution in [-0.4, -0.2) is 41.2 Å². The van der Waals surface area contributed by atoms with Gasteiger partial charge < -0.3 is 19.3 Å². The highest BCUT2D eigenvalue weighted by molar-refractivity contribution is 7.99. The molecule has 2 rings (SSSR count). The first-order valence-electron chi connectivity index (χ1n) is 6.63. The summed E-state index contributed by atoms with van der Waals surface area (Å²) in [6.45, 7) is 3.21. The predicted octanol–water partition coefficient (Wildman–Crippen LogP) is 3.28. The topological polar surface area (TPSA) is 65.0 Å². The number of ether oxygens (including phenoxy) is 3. The van der Waals surface area contributed by atoms with Crippen molar-refractivity contribution in [3.8, 4) is 5.75 Å². The van der Waals surface area contributed by atoms with Crippen LogP contribution in [0.4, 0.5) is 13.2 Å². The second kappa shape index (κ2) is 6.58. The Morgan fingerprint density at radius 2 is 2.09 bits per heavy atom. The molecule has 0 radical (unpaired) electrons. The van der Waals surface area contributed by atoms with E-state index in [0.717, 1.165) is 11.8 Å². The molecule has 1 heterocycles. The molecule has 9 heteroatoms. The van der Waals surface area contributed by atoms with Gasteiger partial charge in [-0.3, -0.25) is 0 Å². The number of aliphatic carboxylic acids is 1. The molecular weight excluding hydrogens is 337 g/mol. The van der Waals surface area contributed by atoms with Crippen LogP contribution in [0.15, 0.2) is 29.2 Å². The van der Waals surface area contributed by atoms with Gasteiger partial charge in [-0.15, -0.1) is 24.9 Å². The van der Waals surface area contributed by atoms with Gasteiger partial charge in [0.2, 0.25) is 0 Å². The third-order valence-corrected chi connectivity index (χ3v) is 3.96. The lowest BCUT2D eigenvalue weighted by molar-refractivity contribution is -0.274. The van der Waals surface area contributed by atoms with Crippen molar-refractivity contribution in [2.24, 2.45) is 0 Å². The average Bonchev–Trinajstić information content (AvgIpc) is 2.70. The van der Waals surface area contributed by atoms with Gasteiger partial charge in [-0.1, -0.05) is 6.07 Å². The molecule has 23 heavy (non-hydrogen) atoms. The van der Waals surface area contributed by atoms with E-state index in [1.54, 1.807) is 19.9 Å². The number of alkyl halides is 3. The highest BCUT2D eigenvalue weighted by Crippen LogP contribution is 2.33. The minimum atomic E-state index is -4.76. The summed E-state index contributed by atoms with van der Waals surface area (Å²) in [5, 5.41) is 9.13. The van der Waals surface area contributed by atoms with Gasteiger partial charge in [0.25, 0.3) is 0 Å². The fraction of sp³-hybridized carbons (Fsp3) is 0.500. The zero-order chi connectivity index (χ0) is 17.3. The third kappa shape index (κ3) is 5.29. The number of hydrogen-bond acceptors (Lipinski definition) is 5. The number of carboxylic acid groups (broad SMARTS) is 1. The standard InChI is InChI=1S/C14H15F3O5S/c1-13(2)21-10(11(22-13)12(18)19)7-23-9-5-3-4-8(6-9)20-14(15,16)17/h3-6,10-11H,7H2,1-2H3,(H,18,19)/t10-,11-/m1/s1. The Morgan fingerprint density at radius 1 is 1.39 bits per heavy atom. The fourth-order valence-electron chi connectivity index (χ4n) is 2.11. The van der Waals surface area contributed by atoms with E-state index < -0.39 is 30.3 Å². The molecule has 0 saturated carbocycles. The molecule has 0 amide bonds. The van der Waals surface area contributed by atoms with E-state index in [9.17, 15) is 18.0 Å². The van der Waals surface area contributed by atoms with Crippen LogP contribution >= 0.6 is 11.8 Å². The number of carbonyl (C=O) groups is 1. The van der Waals surface area contributed by atoms with Crippen LogP contribution in [0.2, 0.25) is 0 Å². The summed E-state index contributed by atoms with van der Waals surface area (Å²) in [5.41, 5.74) is 0. The highest BCUT2D eigenvalue weighted by atomic mass is 32.2. The maximum atomic E-state index is 12.2. The first kappa shape index (κ1) is 17.9. The maximum Gasteiger partial charge on any atom is 0.573 e. The minimum absolute atomic E-state index is 0.218. The first-order valence-corrected chi connectivity index (χ1v) is 7.61. The lowest BCUT2D eigenvalue weighted by Gasteiger charge is -2.16. The number of thioether (sulfide) groups is 1. The molecule has 1 fully saturated rings. The van der Waals surface area contributed by atoms with Crippen molar-refractivity contribution in [1.29, 1.82) is 0 Å². The molecule has 0 bridgehead atoms. The van der Waals surface area contributed by atoms with Crippen molar-refractivity contribution in [2.75, 3.05) is 5.75 Å². The van der Waals surface area contributed by atoms with Gasteiger partial charge in [0.1, 0.15) is 11.9 Å². The Bertz CT molecular complexity index is 576. The fourth-order valence-corrected chi connectivity index (χ4v) is 3.08. The summed E-state index contributed by atoms with van der Waals surface area (Å²) in [7, 11) is 0. The monoisotopic (exact) mass is 352 g/mol. The van der Waals surface area contributed by atoms with Crippen molar-refractivity contribution >= 4 is 17.7 Å². The van der Waals surface area contributed by atoms with Gasteiger partial charge in [-0.05, 0) is 32.0 Å². The predicted molar refractivity (Wildman–Crippen MR) is 75.3 cm³/mol. The summed E-state index contributed by atoms with van der Waals surface area (Å²) in [4.78, 5) is 11.7. The lowest BCUT2D eigenvalue weighted by Crippen LogP contribution is -2.32. The number of carboxylic acids is 1. The molecule has 5 nitrogen and oxygen atoms in total. The van der Waals surface area contributed by atoms with E-state index in [1.165, 1.54) is 18.2 Å². The van der Waals surface area contributed by atoms with Crippen molar-refractivity contribution in [3.05, 3.63) is 24.3 Å². The van der Waals surface area contributed by atoms with Crippen LogP contribution in [0.1, 0.15) is 13.8 Å². The summed E-state index contributed by atoms with van der Waals surface area (Å²) in [6.07, 6.45) is -6.59. The van der Waals surface area contributed by atoms with Gasteiger partial charge in [0.05, 0.1) is 0 Å². The van der Waals surface area contributed by atoms with Crippen LogP contribution in [0.3, 0.4) is 0 Å². The Labute approximate surface area is 134 Å². The molecule has 1 aromatic carbocycles. The van der Waals surface area contributed by atoms with Crippen LogP contribution in [-0.2, 0) is 14.3 Å². The van der Waals surface area contributed by atoms with E-state index in [4.69, 9.17) is 14.6 Å². The summed E-state index contributed by atoms with van der Waals surface area (Å²) in [5.74, 6) is -2.28. The second-order valence-electron chi connectivity index (χ2n) is 5.27. The van der Waals surface area contributed by atoms with Gasteiger partial charge in [-0.2, -0.15) is 0 Å². The number of hydrogen-bond donors (Lipinski definition) is 1. The van der Waals surface area contributed by atoms with E-state index in [-0.39, 0.29) is 11.5 Å². The largest absolute Gasteiger partial charge is 0.573 e. The van der Waals surface area contributed by atoms with Gasteiger partial charge in [0, 0.05) is 10.6 Å². The van der Waals surface area contributed by atoms with E-state index in [0.29, 0.717) is 4.90 Å². The van der Waals surface area contributed by atoms with Crippen LogP contribution in [0.25, 0.3) is 0 Å². The number of rotatable bonds is 5. The molecule has 1 saturated heterocycles.